The molecule has 2 aromatic carbocycles. The van der Waals surface area contributed by atoms with E-state index in [2.05, 4.69) is 20.7 Å². The van der Waals surface area contributed by atoms with E-state index in [1.54, 1.807) is 12.1 Å². The third-order valence-electron chi connectivity index (χ3n) is 2.37. The molecular formula is C12H8BrN2O4S-. The van der Waals surface area contributed by atoms with Crippen LogP contribution in [0.1, 0.15) is 0 Å². The van der Waals surface area contributed by atoms with Gasteiger partial charge in [-0.25, -0.2) is 8.42 Å². The molecule has 6 nitrogen and oxygen atoms in total. The highest BCUT2D eigenvalue weighted by Crippen LogP contribution is 2.33. The molecule has 0 aliphatic heterocycles. The summed E-state index contributed by atoms with van der Waals surface area (Å²) < 4.78 is 28.6. The molecule has 2 rings (SSSR count). The van der Waals surface area contributed by atoms with Crippen LogP contribution in [-0.2, 0) is 10.0 Å². The molecule has 0 saturated heterocycles. The van der Waals surface area contributed by atoms with Gasteiger partial charge < -0.3 is 4.72 Å². The normalized spacial score (nSPS) is 11.1. The van der Waals surface area contributed by atoms with Gasteiger partial charge in [-0.1, -0.05) is 46.3 Å². The third kappa shape index (κ3) is 3.14. The molecule has 0 bridgehead atoms. The van der Waals surface area contributed by atoms with E-state index in [4.69, 9.17) is 0 Å². The van der Waals surface area contributed by atoms with Gasteiger partial charge in [-0.3, -0.25) is 10.1 Å². The Morgan fingerprint density at radius 1 is 1.10 bits per heavy atom. The summed E-state index contributed by atoms with van der Waals surface area (Å²) in [5, 5.41) is 10.9. The van der Waals surface area contributed by atoms with Crippen LogP contribution in [0.25, 0.3) is 4.72 Å². The maximum Gasteiger partial charge on any atom is 0.286 e. The first-order chi connectivity index (χ1) is 9.40. The summed E-state index contributed by atoms with van der Waals surface area (Å²) >= 11 is 3.20. The molecule has 0 amide bonds. The summed E-state index contributed by atoms with van der Waals surface area (Å²) in [6.45, 7) is 0. The summed E-state index contributed by atoms with van der Waals surface area (Å²) in [4.78, 5) is 9.69. The van der Waals surface area contributed by atoms with Crippen molar-refractivity contribution < 1.29 is 13.3 Å². The Morgan fingerprint density at radius 3 is 2.45 bits per heavy atom. The van der Waals surface area contributed by atoms with Crippen molar-refractivity contribution in [2.45, 2.75) is 4.90 Å². The number of nitrogens with zero attached hydrogens (tertiary/aromatic N) is 2. The van der Waals surface area contributed by atoms with Gasteiger partial charge >= 0.3 is 0 Å². The summed E-state index contributed by atoms with van der Waals surface area (Å²) in [5.74, 6) is 0. The van der Waals surface area contributed by atoms with Gasteiger partial charge in [-0.15, -0.1) is 5.69 Å². The first kappa shape index (κ1) is 14.5. The second kappa shape index (κ2) is 5.59. The van der Waals surface area contributed by atoms with Crippen LogP contribution in [0.3, 0.4) is 0 Å². The highest BCUT2D eigenvalue weighted by molar-refractivity contribution is 9.10. The molecule has 0 N–H and O–H groups in total. The Labute approximate surface area is 123 Å². The molecule has 0 spiro atoms. The SMILES string of the molecule is O=[N+]([O-])c1ccccc1S(=O)(=O)[N-]c1cccc(Br)c1. The molecule has 0 heterocycles. The summed E-state index contributed by atoms with van der Waals surface area (Å²) in [6.07, 6.45) is 0. The Bertz CT molecular complexity index is 762. The predicted molar refractivity (Wildman–Crippen MR) is 77.4 cm³/mol. The number of hydrogen-bond donors (Lipinski definition) is 0. The number of rotatable bonds is 4. The van der Waals surface area contributed by atoms with E-state index in [-0.39, 0.29) is 5.69 Å². The minimum absolute atomic E-state index is 0.192. The number of benzene rings is 2. The van der Waals surface area contributed by atoms with Gasteiger partial charge in [0.2, 0.25) is 0 Å². The Balaban J connectivity index is 2.44. The number of sulfonamides is 1. The molecule has 104 valence electrons. The topological polar surface area (TPSA) is 91.4 Å². The largest absolute Gasteiger partial charge is 0.572 e. The highest BCUT2D eigenvalue weighted by Gasteiger charge is 2.19. The van der Waals surface area contributed by atoms with Gasteiger partial charge in [0.05, 0.1) is 4.92 Å². The Kier molecular flexibility index (Phi) is 4.05. The van der Waals surface area contributed by atoms with E-state index in [0.717, 1.165) is 12.1 Å². The third-order valence-corrected chi connectivity index (χ3v) is 4.22. The second-order valence-corrected chi connectivity index (χ2v) is 6.26. The van der Waals surface area contributed by atoms with Crippen molar-refractivity contribution in [1.29, 1.82) is 0 Å². The molecule has 0 aromatic heterocycles. The summed E-state index contributed by atoms with van der Waals surface area (Å²) in [7, 11) is -4.14. The molecule has 2 aromatic rings. The maximum atomic E-state index is 12.2. The zero-order valence-corrected chi connectivity index (χ0v) is 12.3. The monoisotopic (exact) mass is 355 g/mol. The zero-order chi connectivity index (χ0) is 14.8. The lowest BCUT2D eigenvalue weighted by Crippen LogP contribution is -2.02. The molecule has 0 unspecified atom stereocenters. The smallest absolute Gasteiger partial charge is 0.286 e. The molecule has 0 radical (unpaired) electrons. The average Bonchev–Trinajstić information content (AvgIpc) is 2.38. The number of nitro groups is 1. The lowest BCUT2D eigenvalue weighted by molar-refractivity contribution is -0.387. The fourth-order valence-corrected chi connectivity index (χ4v) is 3.08. The first-order valence-electron chi connectivity index (χ1n) is 5.37. The van der Waals surface area contributed by atoms with Crippen LogP contribution in [0.4, 0.5) is 11.4 Å². The Morgan fingerprint density at radius 2 is 1.80 bits per heavy atom. The van der Waals surface area contributed by atoms with Gasteiger partial charge in [0.1, 0.15) is 14.9 Å². The number of hydrogen-bond acceptors (Lipinski definition) is 4. The van der Waals surface area contributed by atoms with Crippen molar-refractivity contribution in [3.05, 3.63) is 67.8 Å². The summed E-state index contributed by atoms with van der Waals surface area (Å²) in [6, 6.07) is 11.4. The van der Waals surface area contributed by atoms with Crippen molar-refractivity contribution in [3.63, 3.8) is 0 Å². The fourth-order valence-electron chi connectivity index (χ4n) is 1.55. The van der Waals surface area contributed by atoms with E-state index in [1.165, 1.54) is 24.3 Å². The number of para-hydroxylation sites is 1. The van der Waals surface area contributed by atoms with Gasteiger partial charge in [0.25, 0.3) is 5.69 Å². The van der Waals surface area contributed by atoms with Crippen LogP contribution >= 0.6 is 15.9 Å². The van der Waals surface area contributed by atoms with Crippen LogP contribution in [0.15, 0.2) is 57.9 Å². The lowest BCUT2D eigenvalue weighted by Gasteiger charge is -2.21. The van der Waals surface area contributed by atoms with E-state index >= 15 is 0 Å². The van der Waals surface area contributed by atoms with Gasteiger partial charge in [0, 0.05) is 10.5 Å². The predicted octanol–water partition coefficient (Wildman–Crippen LogP) is 3.75. The molecule has 8 heteroatoms. The van der Waals surface area contributed by atoms with Crippen molar-refractivity contribution in [2.24, 2.45) is 0 Å². The van der Waals surface area contributed by atoms with Crippen LogP contribution in [0.2, 0.25) is 0 Å². The van der Waals surface area contributed by atoms with Crippen molar-refractivity contribution in [3.8, 4) is 0 Å². The zero-order valence-electron chi connectivity index (χ0n) is 9.93. The highest BCUT2D eigenvalue weighted by atomic mass is 79.9. The molecule has 0 aliphatic rings. The first-order valence-corrected chi connectivity index (χ1v) is 7.60. The van der Waals surface area contributed by atoms with E-state index in [1.807, 2.05) is 0 Å². The van der Waals surface area contributed by atoms with Crippen molar-refractivity contribution in [2.75, 3.05) is 0 Å². The quantitative estimate of drug-likeness (QED) is 0.616. The van der Waals surface area contributed by atoms with Gasteiger partial charge in [-0.05, 0) is 12.1 Å². The average molecular weight is 356 g/mol. The van der Waals surface area contributed by atoms with Crippen LogP contribution < -0.4 is 0 Å². The minimum atomic E-state index is -4.14. The number of halogens is 1. The van der Waals surface area contributed by atoms with Gasteiger partial charge in [0.15, 0.2) is 0 Å². The Hall–Kier alpha value is -1.93. The van der Waals surface area contributed by atoms with E-state index < -0.39 is 25.5 Å². The van der Waals surface area contributed by atoms with Crippen LogP contribution in [0, 0.1) is 10.1 Å². The van der Waals surface area contributed by atoms with Crippen LogP contribution in [-0.4, -0.2) is 13.3 Å². The maximum absolute atomic E-state index is 12.2. The molecule has 0 saturated carbocycles. The number of nitro benzene ring substituents is 1. The summed E-state index contributed by atoms with van der Waals surface area (Å²) in [5.41, 5.74) is -0.302. The lowest BCUT2D eigenvalue weighted by atomic mass is 10.3. The fraction of sp³-hybridized carbons (Fsp3) is 0. The second-order valence-electron chi connectivity index (χ2n) is 3.77. The standard InChI is InChI=1S/C12H8BrN2O4S/c13-9-4-3-5-10(8-9)14-20(18,19)12-7-2-1-6-11(12)15(16)17/h1-8H/q-1. The van der Waals surface area contributed by atoms with E-state index in [0.29, 0.717) is 4.47 Å². The van der Waals surface area contributed by atoms with Crippen molar-refractivity contribution >= 4 is 37.3 Å². The molecule has 20 heavy (non-hydrogen) atoms. The molecule has 0 fully saturated rings. The van der Waals surface area contributed by atoms with Crippen LogP contribution in [0.5, 0.6) is 0 Å². The molecule has 0 aliphatic carbocycles. The molecule has 0 atom stereocenters. The van der Waals surface area contributed by atoms with E-state index in [9.17, 15) is 18.5 Å². The molecular weight excluding hydrogens is 348 g/mol. The van der Waals surface area contributed by atoms with Gasteiger partial charge in [-0.2, -0.15) is 0 Å². The minimum Gasteiger partial charge on any atom is -0.572 e. The van der Waals surface area contributed by atoms with Crippen molar-refractivity contribution in [1.82, 2.24) is 0 Å².